The van der Waals surface area contributed by atoms with Crippen LogP contribution in [0.4, 0.5) is 0 Å². The molecule has 1 aromatic carbocycles. The van der Waals surface area contributed by atoms with Crippen LogP contribution in [0.25, 0.3) is 21.1 Å². The minimum atomic E-state index is 0.0305. The third kappa shape index (κ3) is 4.30. The van der Waals surface area contributed by atoms with Gasteiger partial charge in [0.25, 0.3) is 0 Å². The summed E-state index contributed by atoms with van der Waals surface area (Å²) in [6, 6.07) is 12.9. The highest BCUT2D eigenvalue weighted by Crippen LogP contribution is 2.31. The van der Waals surface area contributed by atoms with Gasteiger partial charge < -0.3 is 5.32 Å². The summed E-state index contributed by atoms with van der Waals surface area (Å²) in [5.74, 6) is 0.0305. The molecule has 3 nitrogen and oxygen atoms in total. The monoisotopic (exact) mass is 356 g/mol. The molecule has 0 unspecified atom stereocenters. The Kier molecular flexibility index (Phi) is 5.43. The smallest absolute Gasteiger partial charge is 0.217 e. The largest absolute Gasteiger partial charge is 0.354 e. The molecule has 1 amide bonds. The number of hydrogen-bond donors (Lipinski definition) is 1. The van der Waals surface area contributed by atoms with Gasteiger partial charge >= 0.3 is 0 Å². The predicted molar refractivity (Wildman–Crippen MR) is 102 cm³/mol. The fraction of sp³-hybridized carbons (Fsp3) is 0.263. The number of aryl methyl sites for hydroxylation is 1. The number of rotatable bonds is 6. The molecule has 2 heterocycles. The van der Waals surface area contributed by atoms with Crippen LogP contribution in [0.3, 0.4) is 0 Å². The van der Waals surface area contributed by atoms with E-state index in [1.54, 1.807) is 29.6 Å². The van der Waals surface area contributed by atoms with Gasteiger partial charge in [-0.3, -0.25) is 4.79 Å². The van der Waals surface area contributed by atoms with E-state index in [0.29, 0.717) is 0 Å². The van der Waals surface area contributed by atoms with Gasteiger partial charge in [-0.05, 0) is 36.8 Å². The number of amides is 1. The van der Waals surface area contributed by atoms with Crippen molar-refractivity contribution in [3.05, 3.63) is 52.7 Å². The van der Waals surface area contributed by atoms with Crippen LogP contribution >= 0.6 is 22.7 Å². The molecular weight excluding hydrogens is 336 g/mol. The van der Waals surface area contributed by atoms with E-state index in [9.17, 15) is 4.79 Å². The van der Waals surface area contributed by atoms with Crippen LogP contribution in [0.15, 0.2) is 47.2 Å². The Balaban J connectivity index is 1.63. The molecule has 124 valence electrons. The maximum absolute atomic E-state index is 11.0. The van der Waals surface area contributed by atoms with Crippen molar-refractivity contribution in [2.24, 2.45) is 0 Å². The number of carbonyl (C=O) groups excluding carboxylic acids is 1. The molecule has 3 rings (SSSR count). The van der Waals surface area contributed by atoms with Crippen molar-refractivity contribution in [3.63, 3.8) is 0 Å². The predicted octanol–water partition coefficient (Wildman–Crippen LogP) is 5.00. The molecule has 0 aliphatic heterocycles. The Labute approximate surface area is 150 Å². The van der Waals surface area contributed by atoms with E-state index < -0.39 is 0 Å². The minimum Gasteiger partial charge on any atom is -0.354 e. The maximum Gasteiger partial charge on any atom is 0.217 e. The second kappa shape index (κ2) is 7.73. The summed E-state index contributed by atoms with van der Waals surface area (Å²) in [6.45, 7) is 3.60. The summed E-state index contributed by atoms with van der Waals surface area (Å²) in [4.78, 5) is 17.0. The van der Waals surface area contributed by atoms with Crippen LogP contribution in [0.5, 0.6) is 0 Å². The fourth-order valence-electron chi connectivity index (χ4n) is 2.56. The first-order valence-electron chi connectivity index (χ1n) is 7.97. The van der Waals surface area contributed by atoms with Gasteiger partial charge in [-0.2, -0.15) is 0 Å². The van der Waals surface area contributed by atoms with Crippen molar-refractivity contribution >= 4 is 28.6 Å². The van der Waals surface area contributed by atoms with Gasteiger partial charge in [-0.25, -0.2) is 4.98 Å². The molecule has 0 aliphatic rings. The van der Waals surface area contributed by atoms with Gasteiger partial charge in [-0.15, -0.1) is 22.7 Å². The summed E-state index contributed by atoms with van der Waals surface area (Å²) < 4.78 is 0. The minimum absolute atomic E-state index is 0.0305. The van der Waals surface area contributed by atoms with Gasteiger partial charge in [-0.1, -0.05) is 30.3 Å². The van der Waals surface area contributed by atoms with E-state index in [4.69, 9.17) is 4.98 Å². The SMILES string of the molecule is CC(=O)N[C@@H](C)CCc1ccc(-c2csc(-c3cccs3)n2)cc1. The maximum atomic E-state index is 11.0. The van der Waals surface area contributed by atoms with Crippen LogP contribution in [0.2, 0.25) is 0 Å². The molecule has 0 aliphatic carbocycles. The van der Waals surface area contributed by atoms with Crippen molar-refractivity contribution in [2.75, 3.05) is 0 Å². The highest BCUT2D eigenvalue weighted by atomic mass is 32.1. The molecule has 0 spiro atoms. The number of nitrogens with zero attached hydrogens (tertiary/aromatic N) is 1. The zero-order valence-corrected chi connectivity index (χ0v) is 15.4. The number of benzene rings is 1. The van der Waals surface area contributed by atoms with Gasteiger partial charge in [0.15, 0.2) is 0 Å². The van der Waals surface area contributed by atoms with Crippen LogP contribution in [-0.2, 0) is 11.2 Å². The number of thiazole rings is 1. The first-order valence-corrected chi connectivity index (χ1v) is 9.73. The number of carbonyl (C=O) groups is 1. The first kappa shape index (κ1) is 16.9. The van der Waals surface area contributed by atoms with E-state index in [0.717, 1.165) is 29.1 Å². The van der Waals surface area contributed by atoms with Gasteiger partial charge in [0.1, 0.15) is 5.01 Å². The lowest BCUT2D eigenvalue weighted by Gasteiger charge is -2.12. The number of nitrogens with one attached hydrogen (secondary N) is 1. The number of thiophene rings is 1. The van der Waals surface area contributed by atoms with Crippen molar-refractivity contribution in [2.45, 2.75) is 32.7 Å². The van der Waals surface area contributed by atoms with Crippen molar-refractivity contribution < 1.29 is 4.79 Å². The average Bonchev–Trinajstić information content (AvgIpc) is 3.24. The summed E-state index contributed by atoms with van der Waals surface area (Å²) in [5, 5.41) is 8.19. The van der Waals surface area contributed by atoms with Crippen molar-refractivity contribution in [1.29, 1.82) is 0 Å². The van der Waals surface area contributed by atoms with Gasteiger partial charge in [0.2, 0.25) is 5.91 Å². The quantitative estimate of drug-likeness (QED) is 0.675. The third-order valence-electron chi connectivity index (χ3n) is 3.80. The van der Waals surface area contributed by atoms with Gasteiger partial charge in [0, 0.05) is 23.9 Å². The second-order valence-corrected chi connectivity index (χ2v) is 7.66. The highest BCUT2D eigenvalue weighted by Gasteiger charge is 2.08. The molecule has 3 aromatic rings. The summed E-state index contributed by atoms with van der Waals surface area (Å²) in [7, 11) is 0. The Morgan fingerprint density at radius 1 is 1.21 bits per heavy atom. The fourth-order valence-corrected chi connectivity index (χ4v) is 4.21. The lowest BCUT2D eigenvalue weighted by molar-refractivity contribution is -0.119. The molecule has 0 saturated heterocycles. The van der Waals surface area contributed by atoms with E-state index in [-0.39, 0.29) is 11.9 Å². The summed E-state index contributed by atoms with van der Waals surface area (Å²) in [6.07, 6.45) is 1.90. The van der Waals surface area contributed by atoms with Crippen LogP contribution in [0.1, 0.15) is 25.8 Å². The lowest BCUT2D eigenvalue weighted by Crippen LogP contribution is -2.30. The van der Waals surface area contributed by atoms with E-state index >= 15 is 0 Å². The summed E-state index contributed by atoms with van der Waals surface area (Å²) in [5.41, 5.74) is 3.46. The van der Waals surface area contributed by atoms with Crippen LogP contribution in [0, 0.1) is 0 Å². The molecule has 1 N–H and O–H groups in total. The standard InChI is InChI=1S/C19H20N2OS2/c1-13(20-14(2)22)5-6-15-7-9-16(10-8-15)17-12-24-19(21-17)18-4-3-11-23-18/h3-4,7-13H,5-6H2,1-2H3,(H,20,22)/t13-/m0/s1. The molecule has 1 atom stereocenters. The Bertz CT molecular complexity index is 791. The van der Waals surface area contributed by atoms with Crippen molar-refractivity contribution in [3.8, 4) is 21.1 Å². The molecule has 0 fully saturated rings. The highest BCUT2D eigenvalue weighted by molar-refractivity contribution is 7.20. The molecule has 24 heavy (non-hydrogen) atoms. The Hall–Kier alpha value is -1.98. The summed E-state index contributed by atoms with van der Waals surface area (Å²) >= 11 is 3.40. The number of hydrogen-bond acceptors (Lipinski definition) is 4. The van der Waals surface area contributed by atoms with E-state index in [2.05, 4.69) is 52.5 Å². The van der Waals surface area contributed by atoms with E-state index in [1.807, 2.05) is 6.92 Å². The topological polar surface area (TPSA) is 42.0 Å². The Morgan fingerprint density at radius 2 is 2.00 bits per heavy atom. The van der Waals surface area contributed by atoms with Crippen molar-refractivity contribution in [1.82, 2.24) is 10.3 Å². The molecule has 5 heteroatoms. The first-order chi connectivity index (χ1) is 11.6. The van der Waals surface area contributed by atoms with Gasteiger partial charge in [0.05, 0.1) is 10.6 Å². The van der Waals surface area contributed by atoms with E-state index in [1.165, 1.54) is 10.4 Å². The molecule has 0 saturated carbocycles. The zero-order chi connectivity index (χ0) is 16.9. The molecular formula is C19H20N2OS2. The Morgan fingerprint density at radius 3 is 2.67 bits per heavy atom. The second-order valence-electron chi connectivity index (χ2n) is 5.85. The molecule has 2 aromatic heterocycles. The van der Waals surface area contributed by atoms with Crippen LogP contribution in [-0.4, -0.2) is 16.9 Å². The lowest BCUT2D eigenvalue weighted by atomic mass is 10.0. The number of aromatic nitrogens is 1. The molecule has 0 radical (unpaired) electrons. The zero-order valence-electron chi connectivity index (χ0n) is 13.8. The average molecular weight is 357 g/mol. The van der Waals surface area contributed by atoms with Crippen LogP contribution < -0.4 is 5.32 Å². The normalized spacial score (nSPS) is 12.1. The third-order valence-corrected chi connectivity index (χ3v) is 5.68. The molecule has 0 bridgehead atoms.